The monoisotopic (exact) mass is 354 g/mol. The third kappa shape index (κ3) is 4.00. The molecule has 0 amide bonds. The molecule has 4 rings (SSSR count). The molecule has 1 aromatic heterocycles. The van der Waals surface area contributed by atoms with Crippen LogP contribution in [0, 0.1) is 23.7 Å². The summed E-state index contributed by atoms with van der Waals surface area (Å²) < 4.78 is 15.8. The van der Waals surface area contributed by atoms with E-state index in [1.807, 2.05) is 42.5 Å². The molecule has 0 saturated carbocycles. The zero-order valence-electron chi connectivity index (χ0n) is 14.5. The van der Waals surface area contributed by atoms with Crippen molar-refractivity contribution in [1.29, 1.82) is 0 Å². The second-order valence-electron chi connectivity index (χ2n) is 5.59. The van der Waals surface area contributed by atoms with Gasteiger partial charge in [-0.15, -0.1) is 0 Å². The molecule has 2 heterocycles. The number of hydrogen-bond donors (Lipinski definition) is 0. The van der Waals surface area contributed by atoms with Gasteiger partial charge in [0.2, 0.25) is 6.79 Å². The van der Waals surface area contributed by atoms with Crippen molar-refractivity contribution in [3.05, 3.63) is 77.4 Å². The molecule has 0 bridgehead atoms. The van der Waals surface area contributed by atoms with Crippen molar-refractivity contribution in [2.75, 3.05) is 13.9 Å². The van der Waals surface area contributed by atoms with E-state index in [0.717, 1.165) is 22.6 Å². The van der Waals surface area contributed by atoms with E-state index in [1.54, 1.807) is 19.5 Å². The van der Waals surface area contributed by atoms with Gasteiger partial charge in [-0.1, -0.05) is 11.8 Å². The summed E-state index contributed by atoms with van der Waals surface area (Å²) in [6.07, 6.45) is 3.22. The Morgan fingerprint density at radius 3 is 2.22 bits per heavy atom. The molecule has 3 aromatic rings. The SMILES string of the molecule is COc1ccc(C#Cc2cncc(C#Cc3ccc4c(c3)OCO4)n2)cc1. The lowest BCUT2D eigenvalue weighted by Crippen LogP contribution is -1.92. The quantitative estimate of drug-likeness (QED) is 0.629. The van der Waals surface area contributed by atoms with Gasteiger partial charge in [-0.25, -0.2) is 4.98 Å². The fourth-order valence-corrected chi connectivity index (χ4v) is 2.41. The number of nitrogens with zero attached hydrogens (tertiary/aromatic N) is 2. The molecule has 1 aliphatic rings. The van der Waals surface area contributed by atoms with E-state index in [2.05, 4.69) is 33.6 Å². The van der Waals surface area contributed by atoms with Crippen molar-refractivity contribution >= 4 is 0 Å². The molecule has 27 heavy (non-hydrogen) atoms. The summed E-state index contributed by atoms with van der Waals surface area (Å²) in [6.45, 7) is 0.243. The first-order chi connectivity index (χ1) is 13.3. The Balaban J connectivity index is 1.52. The highest BCUT2D eigenvalue weighted by atomic mass is 16.7. The molecule has 0 aliphatic carbocycles. The lowest BCUT2D eigenvalue weighted by Gasteiger charge is -1.97. The number of ether oxygens (including phenoxy) is 3. The molecule has 0 fully saturated rings. The van der Waals surface area contributed by atoms with Gasteiger partial charge in [-0.05, 0) is 54.3 Å². The Bertz CT molecular complexity index is 1100. The molecular formula is C22H14N2O3. The Labute approximate surface area is 157 Å². The topological polar surface area (TPSA) is 53.5 Å². The third-order valence-electron chi connectivity index (χ3n) is 3.77. The van der Waals surface area contributed by atoms with E-state index in [0.29, 0.717) is 17.1 Å². The van der Waals surface area contributed by atoms with Gasteiger partial charge in [0.15, 0.2) is 11.5 Å². The fourth-order valence-electron chi connectivity index (χ4n) is 2.41. The summed E-state index contributed by atoms with van der Waals surface area (Å²) in [5, 5.41) is 0. The zero-order chi connectivity index (χ0) is 18.5. The van der Waals surface area contributed by atoms with Crippen LogP contribution in [0.25, 0.3) is 0 Å². The second kappa shape index (κ2) is 7.51. The normalized spacial score (nSPS) is 11.0. The lowest BCUT2D eigenvalue weighted by atomic mass is 10.2. The number of benzene rings is 2. The van der Waals surface area contributed by atoms with Crippen molar-refractivity contribution < 1.29 is 14.2 Å². The van der Waals surface area contributed by atoms with Crippen LogP contribution in [0.4, 0.5) is 0 Å². The molecule has 130 valence electrons. The van der Waals surface area contributed by atoms with Crippen LogP contribution in [0.3, 0.4) is 0 Å². The van der Waals surface area contributed by atoms with E-state index < -0.39 is 0 Å². The minimum Gasteiger partial charge on any atom is -0.497 e. The van der Waals surface area contributed by atoms with Crippen molar-refractivity contribution in [3.8, 4) is 40.9 Å². The number of aromatic nitrogens is 2. The third-order valence-corrected chi connectivity index (χ3v) is 3.77. The number of hydrogen-bond acceptors (Lipinski definition) is 5. The lowest BCUT2D eigenvalue weighted by molar-refractivity contribution is 0.174. The highest BCUT2D eigenvalue weighted by Gasteiger charge is 2.12. The summed E-state index contributed by atoms with van der Waals surface area (Å²) in [7, 11) is 1.63. The molecule has 0 spiro atoms. The average Bonchev–Trinajstić information content (AvgIpc) is 3.19. The smallest absolute Gasteiger partial charge is 0.231 e. The predicted molar refractivity (Wildman–Crippen MR) is 99.6 cm³/mol. The standard InChI is InChI=1S/C22H14N2O3/c1-25-20-9-4-16(5-10-20)2-7-18-13-23-14-19(24-18)8-3-17-6-11-21-22(12-17)27-15-26-21/h4-6,9-14H,15H2,1H3. The Kier molecular flexibility index (Phi) is 4.59. The van der Waals surface area contributed by atoms with Gasteiger partial charge in [-0.2, -0.15) is 0 Å². The van der Waals surface area contributed by atoms with Gasteiger partial charge in [0.05, 0.1) is 19.5 Å². The average molecular weight is 354 g/mol. The minimum atomic E-state index is 0.243. The highest BCUT2D eigenvalue weighted by molar-refractivity contribution is 5.51. The van der Waals surface area contributed by atoms with E-state index >= 15 is 0 Å². The van der Waals surface area contributed by atoms with Crippen LogP contribution >= 0.6 is 0 Å². The predicted octanol–water partition coefficient (Wildman–Crippen LogP) is 3.01. The van der Waals surface area contributed by atoms with Crippen molar-refractivity contribution in [1.82, 2.24) is 9.97 Å². The molecule has 0 unspecified atom stereocenters. The molecule has 2 aromatic carbocycles. The maximum Gasteiger partial charge on any atom is 0.231 e. The van der Waals surface area contributed by atoms with Crippen LogP contribution in [0.1, 0.15) is 22.5 Å². The van der Waals surface area contributed by atoms with Crippen LogP contribution in [-0.2, 0) is 0 Å². The largest absolute Gasteiger partial charge is 0.497 e. The van der Waals surface area contributed by atoms with Crippen molar-refractivity contribution in [3.63, 3.8) is 0 Å². The summed E-state index contributed by atoms with van der Waals surface area (Å²) in [5.41, 5.74) is 2.79. The first-order valence-electron chi connectivity index (χ1n) is 8.20. The van der Waals surface area contributed by atoms with E-state index in [1.165, 1.54) is 0 Å². The minimum absolute atomic E-state index is 0.243. The van der Waals surface area contributed by atoms with Crippen molar-refractivity contribution in [2.24, 2.45) is 0 Å². The summed E-state index contributed by atoms with van der Waals surface area (Å²) in [4.78, 5) is 8.58. The van der Waals surface area contributed by atoms with Crippen LogP contribution in [-0.4, -0.2) is 23.9 Å². The Morgan fingerprint density at radius 2 is 1.48 bits per heavy atom. The molecule has 0 saturated heterocycles. The Morgan fingerprint density at radius 1 is 0.815 bits per heavy atom. The number of fused-ring (bicyclic) bond motifs is 1. The first kappa shape index (κ1) is 16.5. The molecule has 0 atom stereocenters. The molecule has 0 N–H and O–H groups in total. The van der Waals surface area contributed by atoms with E-state index in [4.69, 9.17) is 14.2 Å². The number of rotatable bonds is 1. The maximum atomic E-state index is 5.35. The maximum absolute atomic E-state index is 5.35. The second-order valence-corrected chi connectivity index (χ2v) is 5.59. The zero-order valence-corrected chi connectivity index (χ0v) is 14.5. The van der Waals surface area contributed by atoms with E-state index in [-0.39, 0.29) is 6.79 Å². The molecule has 0 radical (unpaired) electrons. The summed E-state index contributed by atoms with van der Waals surface area (Å²) >= 11 is 0. The molecule has 5 nitrogen and oxygen atoms in total. The molecular weight excluding hydrogens is 340 g/mol. The highest BCUT2D eigenvalue weighted by Crippen LogP contribution is 2.32. The first-order valence-corrected chi connectivity index (χ1v) is 8.20. The Hall–Kier alpha value is -3.96. The van der Waals surface area contributed by atoms with Crippen LogP contribution in [0.2, 0.25) is 0 Å². The summed E-state index contributed by atoms with van der Waals surface area (Å²) in [6, 6.07) is 13.1. The molecule has 5 heteroatoms. The van der Waals surface area contributed by atoms with Crippen molar-refractivity contribution in [2.45, 2.75) is 0 Å². The summed E-state index contributed by atoms with van der Waals surface area (Å²) in [5.74, 6) is 14.3. The van der Waals surface area contributed by atoms with Gasteiger partial charge in [0.25, 0.3) is 0 Å². The number of methoxy groups -OCH3 is 1. The van der Waals surface area contributed by atoms with Gasteiger partial charge < -0.3 is 14.2 Å². The van der Waals surface area contributed by atoms with Gasteiger partial charge in [0, 0.05) is 11.1 Å². The van der Waals surface area contributed by atoms with Gasteiger partial charge >= 0.3 is 0 Å². The van der Waals surface area contributed by atoms with E-state index in [9.17, 15) is 0 Å². The fraction of sp³-hybridized carbons (Fsp3) is 0.0909. The van der Waals surface area contributed by atoms with Crippen LogP contribution in [0.15, 0.2) is 54.9 Å². The van der Waals surface area contributed by atoms with Gasteiger partial charge in [-0.3, -0.25) is 4.98 Å². The van der Waals surface area contributed by atoms with Crippen LogP contribution in [0.5, 0.6) is 17.2 Å². The molecule has 1 aliphatic heterocycles. The van der Waals surface area contributed by atoms with Gasteiger partial charge in [0.1, 0.15) is 17.1 Å². The van der Waals surface area contributed by atoms with Crippen LogP contribution < -0.4 is 14.2 Å².